The van der Waals surface area contributed by atoms with Gasteiger partial charge < -0.3 is 14.9 Å². The molecule has 0 aromatic heterocycles. The molecule has 6 heteroatoms. The first-order chi connectivity index (χ1) is 11.4. The number of ether oxygens (including phenoxy) is 1. The minimum atomic E-state index is -0.687. The molecule has 1 spiro atoms. The topological polar surface area (TPSA) is 52.9 Å². The molecule has 1 aromatic rings. The average Bonchev–Trinajstić information content (AvgIpc) is 2.87. The van der Waals surface area contributed by atoms with E-state index >= 15 is 0 Å². The highest BCUT2D eigenvalue weighted by Gasteiger charge is 2.49. The molecule has 0 saturated heterocycles. The Balaban J connectivity index is 2.02. The van der Waals surface area contributed by atoms with Gasteiger partial charge in [0, 0.05) is 32.5 Å². The van der Waals surface area contributed by atoms with Crippen LogP contribution in [0, 0.1) is 0 Å². The van der Waals surface area contributed by atoms with Gasteiger partial charge in [0.15, 0.2) is 11.5 Å². The molecule has 1 aliphatic heterocycles. The summed E-state index contributed by atoms with van der Waals surface area (Å²) in [6.45, 7) is 0.986. The summed E-state index contributed by atoms with van der Waals surface area (Å²) in [5.41, 5.74) is 2.92. The summed E-state index contributed by atoms with van der Waals surface area (Å²) in [5, 5.41) is 21.1. The molecule has 1 unspecified atom stereocenters. The van der Waals surface area contributed by atoms with Crippen LogP contribution in [0.4, 0.5) is 0 Å². The molecule has 1 atom stereocenters. The van der Waals surface area contributed by atoms with Crippen molar-refractivity contribution in [3.63, 3.8) is 0 Å². The number of phenols is 1. The lowest BCUT2D eigenvalue weighted by Crippen LogP contribution is -2.31. The molecule has 128 valence electrons. The molecule has 1 heterocycles. The number of aliphatic hydroxyl groups is 1. The summed E-state index contributed by atoms with van der Waals surface area (Å²) < 4.78 is 6.86. The van der Waals surface area contributed by atoms with Crippen LogP contribution < -0.4 is 4.74 Å². The molecule has 24 heavy (non-hydrogen) atoms. The molecular weight excluding hydrogens is 438 g/mol. The number of likely N-dealkylation sites (N-methyl/N-ethyl adjacent to an activating group) is 1. The van der Waals surface area contributed by atoms with E-state index < -0.39 is 11.5 Å². The highest BCUT2D eigenvalue weighted by molar-refractivity contribution is 9.12. The van der Waals surface area contributed by atoms with Crippen molar-refractivity contribution >= 4 is 31.9 Å². The third-order valence-electron chi connectivity index (χ3n) is 5.52. The maximum atomic E-state index is 10.9. The van der Waals surface area contributed by atoms with Crippen LogP contribution in [0.25, 0.3) is 0 Å². The molecular formula is C18H19Br2NO3. The van der Waals surface area contributed by atoms with Gasteiger partial charge in [0.25, 0.3) is 0 Å². The molecule has 0 bridgehead atoms. The first-order valence-electron chi connectivity index (χ1n) is 7.96. The van der Waals surface area contributed by atoms with Crippen LogP contribution in [0.5, 0.6) is 11.5 Å². The van der Waals surface area contributed by atoms with Crippen LogP contribution in [0.15, 0.2) is 27.2 Å². The van der Waals surface area contributed by atoms with E-state index in [9.17, 15) is 10.2 Å². The Morgan fingerprint density at radius 3 is 2.58 bits per heavy atom. The van der Waals surface area contributed by atoms with Gasteiger partial charge in [0.2, 0.25) is 0 Å². The number of phenolic OH excluding ortho intramolecular Hbond substituents is 1. The molecule has 0 radical (unpaired) electrons. The average molecular weight is 457 g/mol. The second-order valence-corrected chi connectivity index (χ2v) is 8.66. The van der Waals surface area contributed by atoms with Crippen LogP contribution in [-0.4, -0.2) is 41.9 Å². The van der Waals surface area contributed by atoms with Crippen molar-refractivity contribution in [2.75, 3.05) is 20.7 Å². The highest BCUT2D eigenvalue weighted by atomic mass is 79.9. The Bertz CT molecular complexity index is 767. The second-order valence-electron chi connectivity index (χ2n) is 6.83. The second kappa shape index (κ2) is 5.59. The Kier molecular flexibility index (Phi) is 3.88. The van der Waals surface area contributed by atoms with Crippen LogP contribution in [0.1, 0.15) is 29.2 Å². The fourth-order valence-corrected chi connectivity index (χ4v) is 5.99. The minimum Gasteiger partial charge on any atom is -0.504 e. The monoisotopic (exact) mass is 455 g/mol. The molecule has 0 saturated carbocycles. The van der Waals surface area contributed by atoms with E-state index in [-0.39, 0.29) is 11.8 Å². The van der Waals surface area contributed by atoms with E-state index in [0.717, 1.165) is 24.9 Å². The molecule has 2 aliphatic carbocycles. The number of rotatable bonds is 1. The molecule has 2 N–H and O–H groups in total. The Morgan fingerprint density at radius 2 is 1.96 bits per heavy atom. The van der Waals surface area contributed by atoms with E-state index in [0.29, 0.717) is 14.7 Å². The van der Waals surface area contributed by atoms with E-state index in [1.54, 1.807) is 7.11 Å². The van der Waals surface area contributed by atoms with Gasteiger partial charge in [-0.25, -0.2) is 0 Å². The number of aromatic hydroxyl groups is 1. The summed E-state index contributed by atoms with van der Waals surface area (Å²) in [5.74, 6) is 0.729. The molecule has 1 aromatic carbocycles. The predicted molar refractivity (Wildman–Crippen MR) is 100 cm³/mol. The summed E-state index contributed by atoms with van der Waals surface area (Å²) in [4.78, 5) is 2.35. The molecule has 4 nitrogen and oxygen atoms in total. The van der Waals surface area contributed by atoms with Gasteiger partial charge in [-0.3, -0.25) is 4.90 Å². The summed E-state index contributed by atoms with van der Waals surface area (Å²) >= 11 is 6.99. The Morgan fingerprint density at radius 1 is 1.29 bits per heavy atom. The molecule has 0 amide bonds. The maximum absolute atomic E-state index is 10.9. The minimum absolute atomic E-state index is 0.207. The number of benzene rings is 1. The first kappa shape index (κ1) is 16.6. The summed E-state index contributed by atoms with van der Waals surface area (Å²) in [6, 6.07) is 2.23. The van der Waals surface area contributed by atoms with Crippen LogP contribution >= 0.6 is 31.9 Å². The fourth-order valence-electron chi connectivity index (χ4n) is 4.37. The van der Waals surface area contributed by atoms with E-state index in [1.165, 1.54) is 11.1 Å². The molecule has 4 rings (SSSR count). The quantitative estimate of drug-likeness (QED) is 0.679. The van der Waals surface area contributed by atoms with Crippen molar-refractivity contribution in [2.45, 2.75) is 30.4 Å². The van der Waals surface area contributed by atoms with Gasteiger partial charge in [-0.15, -0.1) is 0 Å². The van der Waals surface area contributed by atoms with Crippen molar-refractivity contribution in [3.05, 3.63) is 43.9 Å². The van der Waals surface area contributed by atoms with Gasteiger partial charge in [-0.1, -0.05) is 44.0 Å². The number of hydrogen-bond acceptors (Lipinski definition) is 4. The van der Waals surface area contributed by atoms with Crippen molar-refractivity contribution in [1.82, 2.24) is 4.90 Å². The van der Waals surface area contributed by atoms with Gasteiger partial charge in [-0.05, 0) is 37.1 Å². The van der Waals surface area contributed by atoms with E-state index in [4.69, 9.17) is 4.74 Å². The number of hydrogen-bond donors (Lipinski definition) is 2. The number of methoxy groups -OCH3 is 1. The van der Waals surface area contributed by atoms with Crippen molar-refractivity contribution in [2.24, 2.45) is 0 Å². The maximum Gasteiger partial charge on any atom is 0.162 e. The smallest absolute Gasteiger partial charge is 0.162 e. The van der Waals surface area contributed by atoms with Gasteiger partial charge in [-0.2, -0.15) is 0 Å². The third kappa shape index (κ3) is 2.16. The van der Waals surface area contributed by atoms with E-state index in [2.05, 4.69) is 43.8 Å². The zero-order valence-corrected chi connectivity index (χ0v) is 16.7. The standard InChI is InChI=1S/C18H19Br2NO3/c1-21-4-3-9-5-13(24-2)17(23)15-14(9)12(21)8-18(15)6-10(19)16(22)11(20)7-18/h5-7,12,16,22-23H,3-4,8H2,1-2H3. The zero-order valence-electron chi connectivity index (χ0n) is 13.5. The van der Waals surface area contributed by atoms with Crippen molar-refractivity contribution in [1.29, 1.82) is 0 Å². The number of nitrogens with zero attached hydrogens (tertiary/aromatic N) is 1. The van der Waals surface area contributed by atoms with Crippen LogP contribution in [0.3, 0.4) is 0 Å². The lowest BCUT2D eigenvalue weighted by Gasteiger charge is -2.32. The first-order valence-corrected chi connectivity index (χ1v) is 9.54. The van der Waals surface area contributed by atoms with Gasteiger partial charge >= 0.3 is 0 Å². The Labute approximate surface area is 158 Å². The van der Waals surface area contributed by atoms with Crippen LogP contribution in [0.2, 0.25) is 0 Å². The van der Waals surface area contributed by atoms with Crippen LogP contribution in [-0.2, 0) is 11.8 Å². The van der Waals surface area contributed by atoms with Crippen molar-refractivity contribution in [3.8, 4) is 11.5 Å². The summed E-state index contributed by atoms with van der Waals surface area (Å²) in [7, 11) is 3.72. The largest absolute Gasteiger partial charge is 0.504 e. The number of fused-ring (bicyclic) bond motifs is 1. The normalized spacial score (nSPS) is 31.7. The zero-order chi connectivity index (χ0) is 17.2. The van der Waals surface area contributed by atoms with Gasteiger partial charge in [0.1, 0.15) is 6.10 Å². The summed E-state index contributed by atoms with van der Waals surface area (Å²) in [6.07, 6.45) is 5.16. The fraction of sp³-hybridized carbons (Fsp3) is 0.444. The highest BCUT2D eigenvalue weighted by Crippen LogP contribution is 2.59. The SMILES string of the molecule is COc1cc2c3c(c1O)C1(C=C(Br)C(O)C(Br)=C1)CC3N(C)CC2. The third-order valence-corrected chi connectivity index (χ3v) is 6.84. The lowest BCUT2D eigenvalue weighted by molar-refractivity contribution is 0.219. The lowest BCUT2D eigenvalue weighted by atomic mass is 9.77. The molecule has 3 aliphatic rings. The number of aliphatic hydroxyl groups excluding tert-OH is 1. The molecule has 0 fully saturated rings. The van der Waals surface area contributed by atoms with Crippen molar-refractivity contribution < 1.29 is 14.9 Å². The predicted octanol–water partition coefficient (Wildman–Crippen LogP) is 3.50. The number of halogens is 2. The Hall–Kier alpha value is -0.820. The van der Waals surface area contributed by atoms with Gasteiger partial charge in [0.05, 0.1) is 7.11 Å². The van der Waals surface area contributed by atoms with E-state index in [1.807, 2.05) is 18.2 Å². The number of allylic oxidation sites excluding steroid dienone is 2.